The van der Waals surface area contributed by atoms with E-state index < -0.39 is 65.2 Å². The highest BCUT2D eigenvalue weighted by Crippen LogP contribution is 2.48. The average molecular weight is 586 g/mol. The fraction of sp³-hybridized carbons (Fsp3) is 0.467. The Kier molecular flexibility index (Phi) is 8.53. The molecule has 0 bridgehead atoms. The number of nitrogens with zero attached hydrogens (tertiary/aromatic N) is 2. The normalized spacial score (nSPS) is 24.2. The third-order valence-electron chi connectivity index (χ3n) is 8.50. The number of piperidine rings is 1. The van der Waals surface area contributed by atoms with E-state index in [-0.39, 0.29) is 36.8 Å². The van der Waals surface area contributed by atoms with Gasteiger partial charge in [-0.3, -0.25) is 19.2 Å². The highest BCUT2D eigenvalue weighted by atomic mass is 19.2. The van der Waals surface area contributed by atoms with Gasteiger partial charge in [0, 0.05) is 31.1 Å². The van der Waals surface area contributed by atoms with Gasteiger partial charge in [0.1, 0.15) is 17.9 Å². The second-order valence-electron chi connectivity index (χ2n) is 11.5. The van der Waals surface area contributed by atoms with Crippen LogP contribution in [-0.4, -0.2) is 70.2 Å². The minimum atomic E-state index is -1.36. The number of likely N-dealkylation sites (tertiary alicyclic amines) is 2. The number of hydrogen-bond acceptors (Lipinski definition) is 5. The SMILES string of the molecule is NC(=O)C1CC2CC2N1C(=O)C[C@@H](Cc1cc(F)c(F)cc1F)NC(=O)C1CCCN1C(=O)C(N)Cc1ccccc1. The molecule has 1 aliphatic carbocycles. The second-order valence-corrected chi connectivity index (χ2v) is 11.5. The van der Waals surface area contributed by atoms with E-state index in [9.17, 15) is 32.3 Å². The molecular weight excluding hydrogens is 551 g/mol. The number of carbonyl (C=O) groups excluding carboxylic acids is 4. The second kappa shape index (κ2) is 12.1. The zero-order valence-corrected chi connectivity index (χ0v) is 23.0. The van der Waals surface area contributed by atoms with Crippen LogP contribution >= 0.6 is 0 Å². The minimum absolute atomic E-state index is 0.125. The fourth-order valence-electron chi connectivity index (χ4n) is 6.31. The number of primary amides is 1. The summed E-state index contributed by atoms with van der Waals surface area (Å²) in [7, 11) is 0. The fourth-order valence-corrected chi connectivity index (χ4v) is 6.31. The molecule has 2 saturated heterocycles. The summed E-state index contributed by atoms with van der Waals surface area (Å²) >= 11 is 0. The van der Waals surface area contributed by atoms with E-state index in [2.05, 4.69) is 5.32 Å². The largest absolute Gasteiger partial charge is 0.368 e. The van der Waals surface area contributed by atoms with Crippen LogP contribution < -0.4 is 16.8 Å². The Morgan fingerprint density at radius 1 is 0.952 bits per heavy atom. The molecule has 42 heavy (non-hydrogen) atoms. The summed E-state index contributed by atoms with van der Waals surface area (Å²) in [5.41, 5.74) is 12.4. The molecule has 5 unspecified atom stereocenters. The van der Waals surface area contributed by atoms with Gasteiger partial charge in [-0.05, 0) is 61.6 Å². The molecule has 12 heteroatoms. The lowest BCUT2D eigenvalue weighted by atomic mass is 10.00. The van der Waals surface area contributed by atoms with Crippen molar-refractivity contribution in [2.24, 2.45) is 17.4 Å². The van der Waals surface area contributed by atoms with Crippen molar-refractivity contribution >= 4 is 23.6 Å². The molecule has 5 N–H and O–H groups in total. The summed E-state index contributed by atoms with van der Waals surface area (Å²) < 4.78 is 42.2. The summed E-state index contributed by atoms with van der Waals surface area (Å²) in [6.45, 7) is 0.317. The van der Waals surface area contributed by atoms with Gasteiger partial charge in [0.25, 0.3) is 0 Å². The predicted molar refractivity (Wildman–Crippen MR) is 146 cm³/mol. The van der Waals surface area contributed by atoms with Gasteiger partial charge in [-0.15, -0.1) is 0 Å². The molecule has 3 fully saturated rings. The van der Waals surface area contributed by atoms with E-state index in [1.165, 1.54) is 9.80 Å². The molecule has 2 aromatic rings. The quantitative estimate of drug-likeness (QED) is 0.364. The van der Waals surface area contributed by atoms with Crippen molar-refractivity contribution in [1.82, 2.24) is 15.1 Å². The third kappa shape index (κ3) is 6.28. The average Bonchev–Trinajstić information content (AvgIpc) is 3.35. The summed E-state index contributed by atoms with van der Waals surface area (Å²) in [4.78, 5) is 55.0. The number of nitrogens with one attached hydrogen (secondary N) is 1. The Hall–Kier alpha value is -3.93. The number of benzene rings is 2. The van der Waals surface area contributed by atoms with E-state index >= 15 is 0 Å². The maximum absolute atomic E-state index is 14.6. The summed E-state index contributed by atoms with van der Waals surface area (Å²) in [6, 6.07) is 6.67. The first-order valence-electron chi connectivity index (χ1n) is 14.2. The van der Waals surface area contributed by atoms with Crippen molar-refractivity contribution in [2.45, 2.75) is 75.2 Å². The number of amides is 4. The topological polar surface area (TPSA) is 139 Å². The molecule has 2 aliphatic heterocycles. The molecule has 2 heterocycles. The zero-order chi connectivity index (χ0) is 30.1. The summed E-state index contributed by atoms with van der Waals surface area (Å²) in [5.74, 6) is -5.51. The highest BCUT2D eigenvalue weighted by Gasteiger charge is 2.55. The molecule has 2 aromatic carbocycles. The predicted octanol–water partition coefficient (Wildman–Crippen LogP) is 1.56. The Labute approximate surface area is 241 Å². The van der Waals surface area contributed by atoms with Crippen LogP contribution in [0.5, 0.6) is 0 Å². The lowest BCUT2D eigenvalue weighted by molar-refractivity contribution is -0.141. The number of hydrogen-bond donors (Lipinski definition) is 3. The van der Waals surface area contributed by atoms with Gasteiger partial charge in [-0.1, -0.05) is 30.3 Å². The van der Waals surface area contributed by atoms with E-state index in [1.807, 2.05) is 30.3 Å². The van der Waals surface area contributed by atoms with Crippen molar-refractivity contribution < 1.29 is 32.3 Å². The van der Waals surface area contributed by atoms with Crippen molar-refractivity contribution in [3.8, 4) is 0 Å². The molecule has 9 nitrogen and oxygen atoms in total. The Bertz CT molecular complexity index is 1380. The minimum Gasteiger partial charge on any atom is -0.368 e. The van der Waals surface area contributed by atoms with E-state index in [1.54, 1.807) is 0 Å². The standard InChI is InChI=1S/C30H34F3N5O4/c31-20-15-22(33)21(32)11-17(20)10-19(14-27(39)38-25-12-18(25)13-26(38)28(35)40)36-29(41)24-7-4-8-37(24)30(42)23(34)9-16-5-2-1-3-6-16/h1-3,5-6,11,15,18-19,23-26H,4,7-10,12-14,34H2,(H2,35,40)(H,36,41)/t18?,19-,23?,24?,25?,26?/m1/s1. The van der Waals surface area contributed by atoms with Gasteiger partial charge in [0.2, 0.25) is 23.6 Å². The third-order valence-corrected chi connectivity index (χ3v) is 8.50. The van der Waals surface area contributed by atoms with Crippen molar-refractivity contribution in [1.29, 1.82) is 0 Å². The van der Waals surface area contributed by atoms with E-state index in [0.29, 0.717) is 37.9 Å². The molecule has 0 aromatic heterocycles. The Balaban J connectivity index is 1.32. The Morgan fingerprint density at radius 3 is 2.38 bits per heavy atom. The smallest absolute Gasteiger partial charge is 0.243 e. The van der Waals surface area contributed by atoms with Crippen LogP contribution in [0.3, 0.4) is 0 Å². The first-order valence-corrected chi connectivity index (χ1v) is 14.2. The molecule has 4 amide bonds. The van der Waals surface area contributed by atoms with Crippen LogP contribution in [0.2, 0.25) is 0 Å². The van der Waals surface area contributed by atoms with Crippen LogP contribution in [0.1, 0.15) is 43.2 Å². The van der Waals surface area contributed by atoms with Crippen LogP contribution in [0.25, 0.3) is 0 Å². The highest BCUT2D eigenvalue weighted by molar-refractivity contribution is 5.91. The number of carbonyl (C=O) groups is 4. The van der Waals surface area contributed by atoms with E-state index in [0.717, 1.165) is 12.0 Å². The summed E-state index contributed by atoms with van der Waals surface area (Å²) in [5, 5.41) is 2.75. The molecule has 3 aliphatic rings. The van der Waals surface area contributed by atoms with Gasteiger partial charge in [0.15, 0.2) is 11.6 Å². The first-order chi connectivity index (χ1) is 20.0. The van der Waals surface area contributed by atoms with Gasteiger partial charge in [0.05, 0.1) is 6.04 Å². The first kappa shape index (κ1) is 29.6. The van der Waals surface area contributed by atoms with Gasteiger partial charge >= 0.3 is 0 Å². The molecule has 224 valence electrons. The van der Waals surface area contributed by atoms with Crippen LogP contribution in [-0.2, 0) is 32.0 Å². The van der Waals surface area contributed by atoms with Gasteiger partial charge < -0.3 is 26.6 Å². The van der Waals surface area contributed by atoms with Crippen LogP contribution in [0, 0.1) is 23.4 Å². The Morgan fingerprint density at radius 2 is 1.67 bits per heavy atom. The van der Waals surface area contributed by atoms with Crippen molar-refractivity contribution in [3.63, 3.8) is 0 Å². The monoisotopic (exact) mass is 585 g/mol. The van der Waals surface area contributed by atoms with Crippen molar-refractivity contribution in [2.75, 3.05) is 6.54 Å². The van der Waals surface area contributed by atoms with Gasteiger partial charge in [-0.2, -0.15) is 0 Å². The molecule has 6 atom stereocenters. The molecular formula is C30H34F3N5O4. The van der Waals surface area contributed by atoms with Crippen LogP contribution in [0.4, 0.5) is 13.2 Å². The lowest BCUT2D eigenvalue weighted by Crippen LogP contribution is -2.54. The zero-order valence-electron chi connectivity index (χ0n) is 23.0. The number of rotatable bonds is 10. The van der Waals surface area contributed by atoms with Crippen LogP contribution in [0.15, 0.2) is 42.5 Å². The molecule has 0 radical (unpaired) electrons. The molecule has 1 saturated carbocycles. The van der Waals surface area contributed by atoms with Crippen molar-refractivity contribution in [3.05, 3.63) is 71.0 Å². The number of fused-ring (bicyclic) bond motifs is 1. The number of nitrogens with two attached hydrogens (primary N) is 2. The maximum Gasteiger partial charge on any atom is 0.243 e. The van der Waals surface area contributed by atoms with Gasteiger partial charge in [-0.25, -0.2) is 13.2 Å². The number of halogens is 3. The lowest BCUT2D eigenvalue weighted by Gasteiger charge is -2.30. The molecule has 5 rings (SSSR count). The molecule has 0 spiro atoms. The maximum atomic E-state index is 14.6. The summed E-state index contributed by atoms with van der Waals surface area (Å²) in [6.07, 6.45) is 1.75. The van der Waals surface area contributed by atoms with E-state index in [4.69, 9.17) is 11.5 Å².